The summed E-state index contributed by atoms with van der Waals surface area (Å²) >= 11 is 1.58. The van der Waals surface area contributed by atoms with Crippen LogP contribution in [-0.2, 0) is 17.9 Å². The molecule has 0 atom stereocenters. The minimum absolute atomic E-state index is 0.104. The van der Waals surface area contributed by atoms with E-state index in [1.54, 1.807) is 17.4 Å². The maximum Gasteiger partial charge on any atom is 0.244 e. The highest BCUT2D eigenvalue weighted by atomic mass is 32.1. The summed E-state index contributed by atoms with van der Waals surface area (Å²) in [5, 5.41) is 5.89. The first kappa shape index (κ1) is 18.4. The quantitative estimate of drug-likeness (QED) is 0.781. The van der Waals surface area contributed by atoms with Crippen molar-refractivity contribution >= 4 is 23.3 Å². The molecule has 0 radical (unpaired) electrons. The van der Waals surface area contributed by atoms with Gasteiger partial charge in [0.2, 0.25) is 5.91 Å². The lowest BCUT2D eigenvalue weighted by atomic mass is 10.1. The molecule has 4 nitrogen and oxygen atoms in total. The summed E-state index contributed by atoms with van der Waals surface area (Å²) in [6, 6.07) is 8.72. The molecule has 1 N–H and O–H groups in total. The number of carbonyl (C=O) groups is 1. The van der Waals surface area contributed by atoms with Crippen LogP contribution in [0.2, 0.25) is 0 Å². The Morgan fingerprint density at radius 2 is 2.04 bits per heavy atom. The second-order valence-electron chi connectivity index (χ2n) is 6.12. The van der Waals surface area contributed by atoms with Crippen molar-refractivity contribution in [1.29, 1.82) is 0 Å². The fourth-order valence-corrected chi connectivity index (χ4v) is 2.78. The van der Waals surface area contributed by atoms with Crippen LogP contribution in [0.15, 0.2) is 35.7 Å². The molecule has 0 aliphatic heterocycles. The van der Waals surface area contributed by atoms with Gasteiger partial charge in [0, 0.05) is 30.6 Å². The van der Waals surface area contributed by atoms with E-state index in [4.69, 9.17) is 0 Å². The van der Waals surface area contributed by atoms with Gasteiger partial charge in [0.05, 0.1) is 10.7 Å². The first-order valence-electron chi connectivity index (χ1n) is 8.10. The van der Waals surface area contributed by atoms with E-state index in [1.807, 2.05) is 24.4 Å². The van der Waals surface area contributed by atoms with Gasteiger partial charge >= 0.3 is 0 Å². The molecule has 0 aliphatic carbocycles. The molecule has 1 aromatic carbocycles. The number of hydrogen-bond donors (Lipinski definition) is 1. The van der Waals surface area contributed by atoms with Crippen LogP contribution in [0.3, 0.4) is 0 Å². The fraction of sp³-hybridized carbons (Fsp3) is 0.368. The minimum Gasteiger partial charge on any atom is -0.348 e. The van der Waals surface area contributed by atoms with Crippen LogP contribution in [0, 0.1) is 6.92 Å². The first-order valence-corrected chi connectivity index (χ1v) is 8.98. The molecular formula is C19H25N3OS. The van der Waals surface area contributed by atoms with Crippen LogP contribution >= 0.6 is 11.3 Å². The zero-order valence-electron chi connectivity index (χ0n) is 14.7. The normalized spacial score (nSPS) is 11.6. The van der Waals surface area contributed by atoms with E-state index < -0.39 is 0 Å². The smallest absolute Gasteiger partial charge is 0.244 e. The van der Waals surface area contributed by atoms with E-state index in [1.165, 1.54) is 11.6 Å². The summed E-state index contributed by atoms with van der Waals surface area (Å²) in [7, 11) is 2.11. The maximum atomic E-state index is 12.0. The number of aromatic nitrogens is 1. The van der Waals surface area contributed by atoms with E-state index in [0.717, 1.165) is 22.8 Å². The molecule has 2 rings (SSSR count). The third kappa shape index (κ3) is 5.58. The van der Waals surface area contributed by atoms with Crippen LogP contribution in [0.25, 0.3) is 6.08 Å². The number of nitrogens with one attached hydrogen (secondary N) is 1. The molecule has 128 valence electrons. The highest BCUT2D eigenvalue weighted by Gasteiger charge is 2.08. The number of nitrogens with zero attached hydrogens (tertiary/aromatic N) is 2. The summed E-state index contributed by atoms with van der Waals surface area (Å²) in [4.78, 5) is 18.6. The lowest BCUT2D eigenvalue weighted by Gasteiger charge is -2.22. The fourth-order valence-electron chi connectivity index (χ4n) is 2.19. The first-order chi connectivity index (χ1) is 11.5. The highest BCUT2D eigenvalue weighted by molar-refractivity contribution is 7.09. The van der Waals surface area contributed by atoms with E-state index >= 15 is 0 Å². The molecule has 24 heavy (non-hydrogen) atoms. The van der Waals surface area contributed by atoms with Crippen molar-refractivity contribution in [2.75, 3.05) is 7.05 Å². The number of aryl methyl sites for hydroxylation is 1. The van der Waals surface area contributed by atoms with E-state index in [-0.39, 0.29) is 5.91 Å². The molecule has 1 amide bonds. The number of rotatable bonds is 7. The lowest BCUT2D eigenvalue weighted by molar-refractivity contribution is -0.116. The third-order valence-electron chi connectivity index (χ3n) is 3.91. The molecule has 0 saturated heterocycles. The van der Waals surface area contributed by atoms with Crippen molar-refractivity contribution in [3.05, 3.63) is 57.6 Å². The standard InChI is InChI=1S/C19H25N3OS/c1-14(2)22(4)12-17-8-6-5-7-16(17)11-20-19(23)10-9-18-13-24-15(3)21-18/h5-10,13-14H,11-12H2,1-4H3,(H,20,23)/b10-9+. The van der Waals surface area contributed by atoms with Crippen LogP contribution in [0.1, 0.15) is 35.7 Å². The summed E-state index contributed by atoms with van der Waals surface area (Å²) < 4.78 is 0. The van der Waals surface area contributed by atoms with Gasteiger partial charge in [-0.3, -0.25) is 9.69 Å². The molecule has 0 spiro atoms. The number of amides is 1. The van der Waals surface area contributed by atoms with Gasteiger partial charge in [0.1, 0.15) is 0 Å². The van der Waals surface area contributed by atoms with Gasteiger partial charge in [-0.15, -0.1) is 11.3 Å². The largest absolute Gasteiger partial charge is 0.348 e. The monoisotopic (exact) mass is 343 g/mol. The average Bonchev–Trinajstić information content (AvgIpc) is 2.97. The molecule has 0 fully saturated rings. The molecule has 0 aliphatic rings. The van der Waals surface area contributed by atoms with Gasteiger partial charge in [0.25, 0.3) is 0 Å². The van der Waals surface area contributed by atoms with Crippen molar-refractivity contribution in [3.8, 4) is 0 Å². The SMILES string of the molecule is Cc1nc(/C=C/C(=O)NCc2ccccc2CN(C)C(C)C)cs1. The lowest BCUT2D eigenvalue weighted by Crippen LogP contribution is -2.27. The molecular weight excluding hydrogens is 318 g/mol. The van der Waals surface area contributed by atoms with E-state index in [2.05, 4.69) is 48.2 Å². The van der Waals surface area contributed by atoms with Gasteiger partial charge in [-0.25, -0.2) is 4.98 Å². The number of hydrogen-bond acceptors (Lipinski definition) is 4. The Morgan fingerprint density at radius 1 is 1.33 bits per heavy atom. The average molecular weight is 343 g/mol. The Morgan fingerprint density at radius 3 is 2.67 bits per heavy atom. The number of thiazole rings is 1. The second kappa shape index (κ2) is 8.76. The number of benzene rings is 1. The zero-order valence-corrected chi connectivity index (χ0v) is 15.6. The Hall–Kier alpha value is -1.98. The Labute approximate surface area is 148 Å². The van der Waals surface area contributed by atoms with Crippen molar-refractivity contribution in [1.82, 2.24) is 15.2 Å². The van der Waals surface area contributed by atoms with Crippen molar-refractivity contribution in [2.45, 2.75) is 39.9 Å². The number of carbonyl (C=O) groups excluding carboxylic acids is 1. The van der Waals surface area contributed by atoms with Crippen molar-refractivity contribution < 1.29 is 4.79 Å². The highest BCUT2D eigenvalue weighted by Crippen LogP contribution is 2.13. The summed E-state index contributed by atoms with van der Waals surface area (Å²) in [6.45, 7) is 7.71. The van der Waals surface area contributed by atoms with Crippen molar-refractivity contribution in [2.24, 2.45) is 0 Å². The van der Waals surface area contributed by atoms with Gasteiger partial charge in [0.15, 0.2) is 0 Å². The van der Waals surface area contributed by atoms with Crippen molar-refractivity contribution in [3.63, 3.8) is 0 Å². The third-order valence-corrected chi connectivity index (χ3v) is 4.71. The molecule has 2 aromatic rings. The molecule has 1 heterocycles. The molecule has 0 saturated carbocycles. The molecule has 1 aromatic heterocycles. The minimum atomic E-state index is -0.104. The van der Waals surface area contributed by atoms with E-state index in [0.29, 0.717) is 12.6 Å². The predicted molar refractivity (Wildman–Crippen MR) is 101 cm³/mol. The maximum absolute atomic E-state index is 12.0. The van der Waals surface area contributed by atoms with Crippen LogP contribution in [-0.4, -0.2) is 28.9 Å². The summed E-state index contributed by atoms with van der Waals surface area (Å²) in [6.07, 6.45) is 3.29. The molecule has 0 unspecified atom stereocenters. The Kier molecular flexibility index (Phi) is 6.70. The van der Waals surface area contributed by atoms with Gasteiger partial charge < -0.3 is 5.32 Å². The Balaban J connectivity index is 1.94. The summed E-state index contributed by atoms with van der Waals surface area (Å²) in [5.41, 5.74) is 3.22. The second-order valence-corrected chi connectivity index (χ2v) is 7.18. The summed E-state index contributed by atoms with van der Waals surface area (Å²) in [5.74, 6) is -0.104. The zero-order chi connectivity index (χ0) is 17.5. The van der Waals surface area contributed by atoms with Gasteiger partial charge in [-0.1, -0.05) is 24.3 Å². The van der Waals surface area contributed by atoms with Gasteiger partial charge in [-0.2, -0.15) is 0 Å². The van der Waals surface area contributed by atoms with Crippen LogP contribution in [0.4, 0.5) is 0 Å². The Bertz CT molecular complexity index is 706. The van der Waals surface area contributed by atoms with Crippen LogP contribution < -0.4 is 5.32 Å². The van der Waals surface area contributed by atoms with Crippen LogP contribution in [0.5, 0.6) is 0 Å². The van der Waals surface area contributed by atoms with Gasteiger partial charge in [-0.05, 0) is 45.0 Å². The molecule has 0 bridgehead atoms. The van der Waals surface area contributed by atoms with E-state index in [9.17, 15) is 4.79 Å². The topological polar surface area (TPSA) is 45.2 Å². The molecule has 5 heteroatoms. The predicted octanol–water partition coefficient (Wildman–Crippen LogP) is 3.62.